The van der Waals surface area contributed by atoms with E-state index in [1.807, 2.05) is 0 Å². The Labute approximate surface area is 392 Å². The molecule has 12 atom stereocenters. The Morgan fingerprint density at radius 2 is 0.968 bits per heavy atom. The monoisotopic (exact) mass is 929 g/mol. The van der Waals surface area contributed by atoms with Crippen molar-refractivity contribution >= 4 is 26.8 Å². The number of rotatable bonds is 2. The highest BCUT2D eigenvalue weighted by molar-refractivity contribution is 7.20. The van der Waals surface area contributed by atoms with Crippen LogP contribution in [-0.2, 0) is 23.4 Å². The maximum absolute atomic E-state index is 10.1. The molecule has 2 saturated heterocycles. The molecular formula is C54H93ClO6Si2. The Balaban J connectivity index is 0.000000151. The molecule has 8 aliphatic carbocycles. The number of ether oxygens (including phenoxy) is 4. The van der Waals surface area contributed by atoms with E-state index in [4.69, 9.17) is 34.5 Å². The average Bonchev–Trinajstić information content (AvgIpc) is 3.99. The average molecular weight is 930 g/mol. The molecule has 0 aromatic carbocycles. The maximum atomic E-state index is 10.1. The van der Waals surface area contributed by atoms with Crippen molar-refractivity contribution in [2.75, 3.05) is 26.4 Å². The number of fused-ring (bicyclic) bond motifs is 12. The standard InChI is InChI=1S/C27H46O3Si.C21H32O3.C6H15ClSi/c1-24(2,3)31(6,7)30-20-10-13-25(4)19(18-20)8-9-21-22(25)11-14-26(5)23(21)12-15-27(26)28-16-17-29-27;1-19-8-5-15(22)13-14(19)3-4-16-17(19)6-9-20(2)18(16)7-10-21(20)23-11-12-24-21;1-6(2,3)8(4,5)7/h8,20-23H,9-18H2,1-7H3;3,15-18,22H,4-13H2,1-2H3;1-5H3/t20-,21+,22-,23-,25-,26-;15-,16+,17-,18-,19-,20-;/m00./s1. The van der Waals surface area contributed by atoms with Crippen LogP contribution in [0.3, 0.4) is 0 Å². The lowest BCUT2D eigenvalue weighted by atomic mass is 9.47. The molecule has 360 valence electrons. The minimum Gasteiger partial charge on any atom is -0.414 e. The largest absolute Gasteiger partial charge is 0.414 e. The number of hydrogen-bond donors (Lipinski definition) is 1. The third-order valence-corrected chi connectivity index (χ3v) is 31.6. The highest BCUT2D eigenvalue weighted by Crippen LogP contribution is 2.70. The van der Waals surface area contributed by atoms with Crippen molar-refractivity contribution in [2.24, 2.45) is 57.2 Å². The summed E-state index contributed by atoms with van der Waals surface area (Å²) in [7, 11) is -3.10. The minimum absolute atomic E-state index is 0.107. The summed E-state index contributed by atoms with van der Waals surface area (Å²) in [4.78, 5) is 0. The third-order valence-electron chi connectivity index (χ3n) is 21.8. The van der Waals surface area contributed by atoms with Crippen molar-refractivity contribution in [3.05, 3.63) is 23.3 Å². The first-order chi connectivity index (χ1) is 29.2. The van der Waals surface area contributed by atoms with Gasteiger partial charge in [-0.25, -0.2) is 0 Å². The Kier molecular flexibility index (Phi) is 13.2. The van der Waals surface area contributed by atoms with E-state index in [9.17, 15) is 5.11 Å². The summed E-state index contributed by atoms with van der Waals surface area (Å²) in [5.41, 5.74) is 4.40. The Hall–Kier alpha value is -0.0362. The van der Waals surface area contributed by atoms with Crippen molar-refractivity contribution in [3.63, 3.8) is 0 Å². The molecule has 0 aromatic rings. The van der Waals surface area contributed by atoms with E-state index in [1.54, 1.807) is 11.1 Å². The minimum atomic E-state index is -1.71. The summed E-state index contributed by atoms with van der Waals surface area (Å²) >= 11 is 6.15. The summed E-state index contributed by atoms with van der Waals surface area (Å²) in [5.74, 6) is 4.13. The predicted molar refractivity (Wildman–Crippen MR) is 264 cm³/mol. The number of aliphatic hydroxyl groups excluding tert-OH is 1. The Bertz CT molecular complexity index is 1720. The molecule has 0 amide bonds. The van der Waals surface area contributed by atoms with Gasteiger partial charge in [0.15, 0.2) is 27.3 Å². The highest BCUT2D eigenvalue weighted by atomic mass is 35.6. The molecule has 1 N–H and O–H groups in total. The van der Waals surface area contributed by atoms with Crippen molar-refractivity contribution < 1.29 is 28.5 Å². The van der Waals surface area contributed by atoms with E-state index in [0.29, 0.717) is 22.0 Å². The zero-order valence-corrected chi connectivity index (χ0v) is 45.5. The van der Waals surface area contributed by atoms with Gasteiger partial charge in [0, 0.05) is 29.8 Å². The van der Waals surface area contributed by atoms with Gasteiger partial charge in [-0.15, -0.1) is 0 Å². The highest BCUT2D eigenvalue weighted by Gasteiger charge is 2.68. The van der Waals surface area contributed by atoms with E-state index < -0.39 is 15.7 Å². The molecule has 2 heterocycles. The third kappa shape index (κ3) is 8.19. The van der Waals surface area contributed by atoms with E-state index in [0.717, 1.165) is 87.6 Å². The van der Waals surface area contributed by atoms with Crippen molar-refractivity contribution in [1.29, 1.82) is 0 Å². The summed E-state index contributed by atoms with van der Waals surface area (Å²) < 4.78 is 32.0. The van der Waals surface area contributed by atoms with E-state index in [-0.39, 0.29) is 33.5 Å². The van der Waals surface area contributed by atoms with E-state index in [1.165, 1.54) is 77.0 Å². The lowest BCUT2D eigenvalue weighted by Crippen LogP contribution is -2.55. The van der Waals surface area contributed by atoms with Gasteiger partial charge < -0.3 is 28.5 Å². The van der Waals surface area contributed by atoms with E-state index >= 15 is 0 Å². The quantitative estimate of drug-likeness (QED) is 0.169. The molecule has 6 nitrogen and oxygen atoms in total. The number of hydrogen-bond acceptors (Lipinski definition) is 6. The van der Waals surface area contributed by atoms with E-state index in [2.05, 4.69) is 108 Å². The molecular weight excluding hydrogens is 836 g/mol. The molecule has 0 radical (unpaired) electrons. The topological polar surface area (TPSA) is 66.4 Å². The smallest absolute Gasteiger partial charge is 0.192 e. The van der Waals surface area contributed by atoms with Gasteiger partial charge in [-0.1, -0.05) is 106 Å². The van der Waals surface area contributed by atoms with Crippen LogP contribution in [0, 0.1) is 57.2 Å². The van der Waals surface area contributed by atoms with Crippen molar-refractivity contribution in [2.45, 2.75) is 232 Å². The number of aliphatic hydroxyl groups is 1. The molecule has 63 heavy (non-hydrogen) atoms. The molecule has 10 rings (SSSR count). The van der Waals surface area contributed by atoms with Crippen LogP contribution >= 0.6 is 11.1 Å². The second-order valence-electron chi connectivity index (χ2n) is 26.8. The van der Waals surface area contributed by atoms with Crippen LogP contribution in [0.1, 0.15) is 172 Å². The van der Waals surface area contributed by atoms with Gasteiger partial charge in [-0.3, -0.25) is 0 Å². The zero-order valence-electron chi connectivity index (χ0n) is 42.8. The normalized spacial score (nSPS) is 43.7. The fraction of sp³-hybridized carbons (Fsp3) is 0.926. The van der Waals surface area contributed by atoms with Gasteiger partial charge in [-0.05, 0) is 159 Å². The molecule has 6 saturated carbocycles. The van der Waals surface area contributed by atoms with Crippen LogP contribution in [-0.4, -0.2) is 71.0 Å². The van der Waals surface area contributed by atoms with Crippen LogP contribution in [0.2, 0.25) is 36.3 Å². The number of halogens is 1. The molecule has 0 bridgehead atoms. The Morgan fingerprint density at radius 3 is 1.38 bits per heavy atom. The van der Waals surface area contributed by atoms with Crippen molar-refractivity contribution in [1.82, 2.24) is 0 Å². The summed E-state index contributed by atoms with van der Waals surface area (Å²) in [6, 6.07) is 0. The summed E-state index contributed by atoms with van der Waals surface area (Å²) in [6.45, 7) is 36.0. The second-order valence-corrected chi connectivity index (χ2v) is 38.8. The fourth-order valence-corrected chi connectivity index (χ4v) is 17.1. The first kappa shape index (κ1) is 49.4. The molecule has 10 aliphatic rings. The first-order valence-electron chi connectivity index (χ1n) is 26.2. The fourth-order valence-electron chi connectivity index (χ4n) is 15.7. The van der Waals surface area contributed by atoms with Gasteiger partial charge >= 0.3 is 0 Å². The first-order valence-corrected chi connectivity index (χ1v) is 33.1. The summed E-state index contributed by atoms with van der Waals surface area (Å²) in [6.07, 6.45) is 24.6. The second kappa shape index (κ2) is 16.8. The van der Waals surface area contributed by atoms with Crippen LogP contribution in [0.4, 0.5) is 0 Å². The molecule has 8 fully saturated rings. The molecule has 0 aromatic heterocycles. The summed E-state index contributed by atoms with van der Waals surface area (Å²) in [5, 5.41) is 10.7. The predicted octanol–water partition coefficient (Wildman–Crippen LogP) is 14.4. The van der Waals surface area contributed by atoms with Gasteiger partial charge in [0.2, 0.25) is 0 Å². The maximum Gasteiger partial charge on any atom is 0.192 e. The Morgan fingerprint density at radius 1 is 0.571 bits per heavy atom. The zero-order chi connectivity index (χ0) is 45.9. The van der Waals surface area contributed by atoms with Crippen LogP contribution in [0.5, 0.6) is 0 Å². The van der Waals surface area contributed by atoms with Gasteiger partial charge in [0.05, 0.1) is 32.5 Å². The van der Waals surface area contributed by atoms with Crippen molar-refractivity contribution in [3.8, 4) is 0 Å². The van der Waals surface area contributed by atoms with Crippen LogP contribution in [0.15, 0.2) is 23.3 Å². The number of allylic oxidation sites excluding steroid dienone is 2. The van der Waals surface area contributed by atoms with Gasteiger partial charge in [0.25, 0.3) is 0 Å². The lowest BCUT2D eigenvalue weighted by Gasteiger charge is -2.59. The molecule has 9 heteroatoms. The lowest BCUT2D eigenvalue weighted by molar-refractivity contribution is -0.242. The molecule has 2 aliphatic heterocycles. The molecule has 2 spiro atoms. The van der Waals surface area contributed by atoms with Crippen LogP contribution in [0.25, 0.3) is 0 Å². The molecule has 0 unspecified atom stereocenters. The van der Waals surface area contributed by atoms with Gasteiger partial charge in [0.1, 0.15) is 0 Å². The SMILES string of the molecule is CC(C)(C)[Si](C)(C)Cl.CC(C)(C)[Si](C)(C)O[C@H]1CC[C@@]2(C)C(=CC[C@@H]3[C@@H]2CC[C@@]2(C)[C@H]3CCC23OCCO3)C1.C[C@]12CC[C@H](O)CC1=CC[C@@H]1[C@@H]2CC[C@@]2(C)[C@H]1CCC21OCCO1. The van der Waals surface area contributed by atoms with Gasteiger partial charge in [-0.2, -0.15) is 11.1 Å². The van der Waals surface area contributed by atoms with Crippen LogP contribution < -0.4 is 0 Å².